The fourth-order valence-electron chi connectivity index (χ4n) is 1.78. The summed E-state index contributed by atoms with van der Waals surface area (Å²) in [6.07, 6.45) is 1.83. The topological polar surface area (TPSA) is 61.4 Å². The molecule has 1 aromatic rings. The number of halogens is 1. The van der Waals surface area contributed by atoms with Crippen molar-refractivity contribution >= 4 is 27.5 Å². The number of anilines is 1. The predicted octanol–water partition coefficient (Wildman–Crippen LogP) is 2.63. The van der Waals surface area contributed by atoms with Crippen LogP contribution in [0.1, 0.15) is 25.3 Å². The van der Waals surface area contributed by atoms with Crippen molar-refractivity contribution in [2.24, 2.45) is 0 Å². The fraction of sp³-hybridized carbons (Fsp3) is 0.571. The van der Waals surface area contributed by atoms with Crippen molar-refractivity contribution in [3.05, 3.63) is 28.8 Å². The van der Waals surface area contributed by atoms with Gasteiger partial charge in [0.1, 0.15) is 0 Å². The minimum Gasteiger partial charge on any atom is -0.317 e. The molecule has 0 aliphatic carbocycles. The van der Waals surface area contributed by atoms with E-state index in [0.29, 0.717) is 17.3 Å². The van der Waals surface area contributed by atoms with Crippen LogP contribution in [0.4, 0.5) is 5.69 Å². The number of hydrogen-bond donors (Lipinski definition) is 2. The molecule has 0 aliphatic rings. The van der Waals surface area contributed by atoms with Gasteiger partial charge in [-0.25, -0.2) is 0 Å². The van der Waals surface area contributed by atoms with Crippen molar-refractivity contribution in [1.82, 2.24) is 9.62 Å². The highest BCUT2D eigenvalue weighted by molar-refractivity contribution is 7.90. The van der Waals surface area contributed by atoms with Gasteiger partial charge in [0, 0.05) is 13.6 Å². The number of hydrogen-bond acceptors (Lipinski definition) is 3. The molecule has 0 radical (unpaired) electrons. The molecule has 1 rings (SSSR count). The van der Waals surface area contributed by atoms with Crippen LogP contribution in [0, 0.1) is 6.92 Å². The normalized spacial score (nSPS) is 11.9. The van der Waals surface area contributed by atoms with Gasteiger partial charge in [-0.05, 0) is 50.6 Å². The standard InChI is InChI=1S/C14H24ClN3O2S/c1-4-8-16-9-5-10-18(3)21(19,20)17-14-11-12(2)6-7-13(14)15/h6-7,11,16-17H,4-5,8-10H2,1-3H3. The first-order valence-corrected chi connectivity index (χ1v) is 8.89. The number of nitrogens with one attached hydrogen (secondary N) is 2. The Morgan fingerprint density at radius 2 is 2.00 bits per heavy atom. The van der Waals surface area contributed by atoms with E-state index in [1.54, 1.807) is 19.2 Å². The average molecular weight is 334 g/mol. The SMILES string of the molecule is CCCNCCCN(C)S(=O)(=O)Nc1cc(C)ccc1Cl. The molecular formula is C14H24ClN3O2S. The average Bonchev–Trinajstić information content (AvgIpc) is 2.42. The third-order valence-corrected chi connectivity index (χ3v) is 4.84. The smallest absolute Gasteiger partial charge is 0.301 e. The molecule has 0 spiro atoms. The van der Waals surface area contributed by atoms with E-state index in [2.05, 4.69) is 17.0 Å². The van der Waals surface area contributed by atoms with Crippen molar-refractivity contribution in [3.8, 4) is 0 Å². The maximum absolute atomic E-state index is 12.2. The van der Waals surface area contributed by atoms with Crippen molar-refractivity contribution in [1.29, 1.82) is 0 Å². The Kier molecular flexibility index (Phi) is 7.45. The van der Waals surface area contributed by atoms with Crippen LogP contribution in [0.3, 0.4) is 0 Å². The maximum Gasteiger partial charge on any atom is 0.301 e. The molecule has 0 aromatic heterocycles. The van der Waals surface area contributed by atoms with Crippen LogP contribution in [-0.2, 0) is 10.2 Å². The maximum atomic E-state index is 12.2. The second-order valence-corrected chi connectivity index (χ2v) is 7.20. The molecule has 7 heteroatoms. The third kappa shape index (κ3) is 6.22. The van der Waals surface area contributed by atoms with Crippen molar-refractivity contribution in [2.75, 3.05) is 31.4 Å². The first-order chi connectivity index (χ1) is 9.86. The van der Waals surface area contributed by atoms with Crippen molar-refractivity contribution < 1.29 is 8.42 Å². The fourth-order valence-corrected chi connectivity index (χ4v) is 2.98. The number of aryl methyl sites for hydroxylation is 1. The monoisotopic (exact) mass is 333 g/mol. The molecule has 21 heavy (non-hydrogen) atoms. The lowest BCUT2D eigenvalue weighted by molar-refractivity contribution is 0.458. The van der Waals surface area contributed by atoms with E-state index < -0.39 is 10.2 Å². The lowest BCUT2D eigenvalue weighted by Gasteiger charge is -2.19. The molecule has 2 N–H and O–H groups in total. The van der Waals surface area contributed by atoms with Crippen molar-refractivity contribution in [3.63, 3.8) is 0 Å². The number of benzene rings is 1. The van der Waals surface area contributed by atoms with Crippen LogP contribution in [0.25, 0.3) is 0 Å². The Labute approximate surface area is 132 Å². The zero-order valence-electron chi connectivity index (χ0n) is 12.8. The minimum atomic E-state index is -3.57. The van der Waals surface area contributed by atoms with Crippen LogP contribution in [0.5, 0.6) is 0 Å². The van der Waals surface area contributed by atoms with Gasteiger partial charge in [-0.2, -0.15) is 12.7 Å². The Balaban J connectivity index is 2.57. The summed E-state index contributed by atoms with van der Waals surface area (Å²) in [5.74, 6) is 0. The lowest BCUT2D eigenvalue weighted by atomic mass is 10.2. The van der Waals surface area contributed by atoms with Crippen molar-refractivity contribution in [2.45, 2.75) is 26.7 Å². The lowest BCUT2D eigenvalue weighted by Crippen LogP contribution is -2.34. The molecule has 0 aliphatic heterocycles. The summed E-state index contributed by atoms with van der Waals surface area (Å²) in [4.78, 5) is 0. The molecule has 1 aromatic carbocycles. The number of rotatable bonds is 9. The Hall–Kier alpha value is -0.820. The zero-order chi connectivity index (χ0) is 15.9. The molecule has 0 unspecified atom stereocenters. The molecule has 0 saturated heterocycles. The quantitative estimate of drug-likeness (QED) is 0.683. The van der Waals surface area contributed by atoms with E-state index in [4.69, 9.17) is 11.6 Å². The third-order valence-electron chi connectivity index (χ3n) is 3.02. The summed E-state index contributed by atoms with van der Waals surface area (Å²) < 4.78 is 28.3. The molecule has 0 atom stereocenters. The van der Waals surface area contributed by atoms with E-state index in [1.165, 1.54) is 4.31 Å². The predicted molar refractivity (Wildman–Crippen MR) is 89.1 cm³/mol. The summed E-state index contributed by atoms with van der Waals surface area (Å²) in [5, 5.41) is 3.64. The Bertz CT molecular complexity index is 549. The summed E-state index contributed by atoms with van der Waals surface area (Å²) in [6.45, 7) is 6.19. The van der Waals surface area contributed by atoms with E-state index >= 15 is 0 Å². The molecular weight excluding hydrogens is 310 g/mol. The molecule has 0 amide bonds. The van der Waals surface area contributed by atoms with Gasteiger partial charge >= 0.3 is 10.2 Å². The highest BCUT2D eigenvalue weighted by Crippen LogP contribution is 2.24. The van der Waals surface area contributed by atoms with Gasteiger partial charge in [0.25, 0.3) is 0 Å². The van der Waals surface area contributed by atoms with Gasteiger partial charge in [-0.15, -0.1) is 0 Å². The Morgan fingerprint density at radius 3 is 2.67 bits per heavy atom. The molecule has 5 nitrogen and oxygen atoms in total. The molecule has 0 saturated carbocycles. The van der Waals surface area contributed by atoms with Gasteiger partial charge in [0.15, 0.2) is 0 Å². The van der Waals surface area contributed by atoms with Crippen LogP contribution >= 0.6 is 11.6 Å². The zero-order valence-corrected chi connectivity index (χ0v) is 14.4. The highest BCUT2D eigenvalue weighted by atomic mass is 35.5. The van der Waals surface area contributed by atoms with Gasteiger partial charge in [-0.3, -0.25) is 4.72 Å². The summed E-state index contributed by atoms with van der Waals surface area (Å²) >= 11 is 6.01. The van der Waals surface area contributed by atoms with E-state index in [1.807, 2.05) is 13.0 Å². The summed E-state index contributed by atoms with van der Waals surface area (Å²) in [7, 11) is -2.01. The van der Waals surface area contributed by atoms with E-state index in [-0.39, 0.29) is 0 Å². The molecule has 0 fully saturated rings. The molecule has 0 heterocycles. The van der Waals surface area contributed by atoms with Gasteiger partial charge < -0.3 is 5.32 Å². The van der Waals surface area contributed by atoms with Crippen LogP contribution < -0.4 is 10.0 Å². The van der Waals surface area contributed by atoms with Crippen LogP contribution in [-0.4, -0.2) is 39.4 Å². The van der Waals surface area contributed by atoms with Gasteiger partial charge in [-0.1, -0.05) is 24.6 Å². The van der Waals surface area contributed by atoms with Crippen LogP contribution in [0.2, 0.25) is 5.02 Å². The summed E-state index contributed by atoms with van der Waals surface area (Å²) in [6, 6.07) is 5.24. The summed E-state index contributed by atoms with van der Waals surface area (Å²) in [5.41, 5.74) is 1.36. The largest absolute Gasteiger partial charge is 0.317 e. The second-order valence-electron chi connectivity index (χ2n) is 5.02. The van der Waals surface area contributed by atoms with E-state index in [9.17, 15) is 8.42 Å². The Morgan fingerprint density at radius 1 is 1.29 bits per heavy atom. The molecule has 0 bridgehead atoms. The van der Waals surface area contributed by atoms with Gasteiger partial charge in [0.05, 0.1) is 10.7 Å². The molecule has 120 valence electrons. The highest BCUT2D eigenvalue weighted by Gasteiger charge is 2.18. The number of nitrogens with zero attached hydrogens (tertiary/aromatic N) is 1. The minimum absolute atomic E-state index is 0.391. The first kappa shape index (κ1) is 18.2. The van der Waals surface area contributed by atoms with Crippen LogP contribution in [0.15, 0.2) is 18.2 Å². The second kappa shape index (κ2) is 8.58. The first-order valence-electron chi connectivity index (χ1n) is 7.07. The van der Waals surface area contributed by atoms with Gasteiger partial charge in [0.2, 0.25) is 0 Å². The van der Waals surface area contributed by atoms with E-state index in [0.717, 1.165) is 31.5 Å².